The van der Waals surface area contributed by atoms with Gasteiger partial charge in [0.15, 0.2) is 0 Å². The molecule has 0 aliphatic rings. The minimum Gasteiger partial charge on any atom is -0.273 e. The largest absolute Gasteiger partial charge is 0.451 e. The van der Waals surface area contributed by atoms with Crippen molar-refractivity contribution in [1.29, 1.82) is 0 Å². The summed E-state index contributed by atoms with van der Waals surface area (Å²) in [6, 6.07) is 40.3. The van der Waals surface area contributed by atoms with Crippen LogP contribution in [0.15, 0.2) is 226 Å². The van der Waals surface area contributed by atoms with Crippen LogP contribution in [0, 0.1) is 0 Å². The Hall–Kier alpha value is -14.9. The Kier molecular flexibility index (Phi) is 33.1. The van der Waals surface area contributed by atoms with Crippen molar-refractivity contribution in [3.63, 3.8) is 0 Å². The lowest BCUT2D eigenvalue weighted by molar-refractivity contribution is -0.145. The van der Waals surface area contributed by atoms with E-state index in [1.807, 2.05) is 70.5 Å². The Labute approximate surface area is 769 Å². The molecule has 0 aliphatic carbocycles. The standard InChI is InChI=1S/2C21H22F3N3.C13H14F3N3.C10H5F6N3.C10H6F3N3.C9H6F3N3.C8H5F3N4/c1-12(2)15-6-5-7-16(13(3)4)20(15)14-8-9-17(25-11-14)18-10-19(27-26-18)21(22,23)24;1-12(2)15-6-5-7-16(13(3)4)20(15)14-8-9-25-17(10-14)18-11-19(27-26-18)21(22,23)24;1-12(2,3)8-4-5-17-9(6-8)10-7-11(19-18-10)13(14,15)16;11-9(12,13)5-1-2-17-6(3-5)7-4-8(19-18-7)10(14,15)16;11-10(12,13)9-15-5-7(6-16-9)8-3-1-2-4-14-8;10-9(11,12)8-5-7(14-15-8)6-3-1-2-4-13-6;9-8(10,11)7-3-5(14-15-7)6-4-12-1-2-13-6/h2*5-13H,1-4H3,(H,26,27);4-7H,1-3H3,(H,18,19);1-4H,(H,18,19);1-6H;1-5H,(H,14,15);1-4H,(H,14,15). The van der Waals surface area contributed by atoms with Crippen molar-refractivity contribution >= 4 is 0 Å². The van der Waals surface area contributed by atoms with Gasteiger partial charge in [0.25, 0.3) is 0 Å². The van der Waals surface area contributed by atoms with E-state index < -0.39 is 95.0 Å². The highest BCUT2D eigenvalue weighted by atomic mass is 19.4. The number of aromatic nitrogens is 22. The van der Waals surface area contributed by atoms with E-state index in [1.165, 1.54) is 47.0 Å². The molecule has 46 heteroatoms. The van der Waals surface area contributed by atoms with E-state index in [0.29, 0.717) is 75.5 Å². The van der Waals surface area contributed by atoms with Gasteiger partial charge in [-0.1, -0.05) is 131 Å². The van der Waals surface area contributed by atoms with Crippen molar-refractivity contribution in [2.24, 2.45) is 0 Å². The molecule has 0 saturated heterocycles. The number of alkyl halides is 24. The molecule has 0 fully saturated rings. The average molecular weight is 1950 g/mol. The number of aromatic amines is 6. The van der Waals surface area contributed by atoms with Gasteiger partial charge in [0.1, 0.15) is 74.0 Å². The minimum absolute atomic E-state index is 0.0964. The molecular weight excluding hydrogens is 1870 g/mol. The van der Waals surface area contributed by atoms with Crippen molar-refractivity contribution in [2.45, 2.75) is 155 Å². The van der Waals surface area contributed by atoms with Crippen LogP contribution in [0.3, 0.4) is 0 Å². The second-order valence-electron chi connectivity index (χ2n) is 32.0. The highest BCUT2D eigenvalue weighted by Crippen LogP contribution is 2.43. The van der Waals surface area contributed by atoms with Crippen LogP contribution < -0.4 is 0 Å². The highest BCUT2D eigenvalue weighted by Gasteiger charge is 2.40. The van der Waals surface area contributed by atoms with Crippen LogP contribution in [0.25, 0.3) is 102 Å². The fourth-order valence-electron chi connectivity index (χ4n) is 12.6. The molecule has 0 amide bonds. The molecule has 138 heavy (non-hydrogen) atoms. The molecule has 0 unspecified atom stereocenters. The van der Waals surface area contributed by atoms with Crippen LogP contribution in [0.5, 0.6) is 0 Å². The van der Waals surface area contributed by atoms with Crippen molar-refractivity contribution in [1.82, 2.24) is 111 Å². The SMILES string of the molecule is CC(C)(C)c1ccnc(-c2cc(C(F)(F)F)[nH]n2)c1.CC(C)c1cccc(C(C)C)c1-c1ccc(-c2cc(C(F)(F)F)[nH]n2)nc1.CC(C)c1cccc(C(C)C)c1-c1ccnc(-c2cc(C(F)(F)F)[nH]n2)c1.FC(F)(F)c1cc(-c2ccccn2)n[nH]1.FC(F)(F)c1cc(-c2cnccn2)n[nH]1.FC(F)(F)c1ccnc(-c2cc(C(F)(F)F)[nH]n2)c1.FC(F)(F)c1ncc(-c2ccccn2)cn1. The zero-order chi connectivity index (χ0) is 101. The first-order chi connectivity index (χ1) is 64.4. The smallest absolute Gasteiger partial charge is 0.273 e. The molecule has 0 bridgehead atoms. The molecule has 14 heterocycles. The van der Waals surface area contributed by atoms with Crippen LogP contribution in [0.2, 0.25) is 0 Å². The zero-order valence-corrected chi connectivity index (χ0v) is 73.9. The molecule has 16 rings (SSSR count). The van der Waals surface area contributed by atoms with Crippen LogP contribution >= 0.6 is 0 Å². The number of hydrogen-bond acceptors (Lipinski definition) is 16. The zero-order valence-electron chi connectivity index (χ0n) is 73.9. The monoisotopic (exact) mass is 1950 g/mol. The van der Waals surface area contributed by atoms with Crippen LogP contribution in [0.4, 0.5) is 105 Å². The molecule has 2 aromatic carbocycles. The lowest BCUT2D eigenvalue weighted by Gasteiger charge is -2.20. The van der Waals surface area contributed by atoms with Crippen LogP contribution in [-0.4, -0.2) is 111 Å². The maximum Gasteiger partial charge on any atom is 0.451 e. The summed E-state index contributed by atoms with van der Waals surface area (Å²) in [5, 5.41) is 33.2. The van der Waals surface area contributed by atoms with Gasteiger partial charge in [0.05, 0.1) is 45.9 Å². The predicted octanol–water partition coefficient (Wildman–Crippen LogP) is 27.0. The molecule has 726 valence electrons. The summed E-state index contributed by atoms with van der Waals surface area (Å²) in [4.78, 5) is 38.2. The molecule has 0 radical (unpaired) electrons. The lowest BCUT2D eigenvalue weighted by atomic mass is 9.85. The van der Waals surface area contributed by atoms with Gasteiger partial charge < -0.3 is 0 Å². The maximum atomic E-state index is 12.9. The molecule has 0 saturated carbocycles. The topological polar surface area (TPSA) is 301 Å². The Balaban J connectivity index is 0.000000168. The van der Waals surface area contributed by atoms with Gasteiger partial charge in [-0.2, -0.15) is 136 Å². The van der Waals surface area contributed by atoms with Gasteiger partial charge in [0.2, 0.25) is 5.82 Å². The summed E-state index contributed by atoms with van der Waals surface area (Å²) in [5.74, 6) is 0.181. The summed E-state index contributed by atoms with van der Waals surface area (Å²) < 4.78 is 298. The van der Waals surface area contributed by atoms with E-state index >= 15 is 0 Å². The molecule has 0 aliphatic heterocycles. The summed E-state index contributed by atoms with van der Waals surface area (Å²) in [7, 11) is 0. The van der Waals surface area contributed by atoms with E-state index in [1.54, 1.807) is 78.4 Å². The molecule has 22 nitrogen and oxygen atoms in total. The third-order valence-corrected chi connectivity index (χ3v) is 19.5. The predicted molar refractivity (Wildman–Crippen MR) is 460 cm³/mol. The number of nitrogens with zero attached hydrogens (tertiary/aromatic N) is 16. The molecule has 16 aromatic rings. The van der Waals surface area contributed by atoms with E-state index in [2.05, 4.69) is 172 Å². The number of H-pyrrole nitrogens is 6. The molecular formula is C92H80F24N22. The van der Waals surface area contributed by atoms with E-state index in [9.17, 15) is 105 Å². The van der Waals surface area contributed by atoms with Crippen molar-refractivity contribution in [3.05, 3.63) is 299 Å². The third kappa shape index (κ3) is 28.6. The fraction of sp³-hybridized carbons (Fsp3) is 0.261. The van der Waals surface area contributed by atoms with Crippen molar-refractivity contribution < 1.29 is 105 Å². The van der Waals surface area contributed by atoms with Gasteiger partial charge in [-0.3, -0.25) is 70.5 Å². The Morgan fingerprint density at radius 1 is 0.217 bits per heavy atom. The summed E-state index contributed by atoms with van der Waals surface area (Å²) in [6.07, 6.45) is -20.7. The Bertz CT molecular complexity index is 6330. The van der Waals surface area contributed by atoms with E-state index in [0.717, 1.165) is 82.8 Å². The summed E-state index contributed by atoms with van der Waals surface area (Å²) in [6.45, 7) is 23.2. The number of benzene rings is 2. The first-order valence-electron chi connectivity index (χ1n) is 40.9. The first-order valence-corrected chi connectivity index (χ1v) is 40.9. The van der Waals surface area contributed by atoms with Gasteiger partial charge in [-0.15, -0.1) is 0 Å². The number of pyridine rings is 6. The highest BCUT2D eigenvalue weighted by molar-refractivity contribution is 5.76. The van der Waals surface area contributed by atoms with Crippen molar-refractivity contribution in [3.8, 4) is 102 Å². The van der Waals surface area contributed by atoms with Crippen LogP contribution in [0.1, 0.15) is 173 Å². The van der Waals surface area contributed by atoms with Gasteiger partial charge in [-0.05, 0) is 177 Å². The quantitative estimate of drug-likeness (QED) is 0.0585. The summed E-state index contributed by atoms with van der Waals surface area (Å²) in [5.41, 5.74) is 6.57. The normalized spacial score (nSPS) is 12.1. The second kappa shape index (κ2) is 43.4. The molecule has 6 N–H and O–H groups in total. The van der Waals surface area contributed by atoms with E-state index in [4.69, 9.17) is 0 Å². The molecule has 14 aromatic heterocycles. The maximum absolute atomic E-state index is 12.9. The number of hydrogen-bond donors (Lipinski definition) is 6. The number of rotatable bonds is 13. The van der Waals surface area contributed by atoms with Gasteiger partial charge in [-0.25, -0.2) is 9.97 Å². The first kappa shape index (κ1) is 105. The lowest BCUT2D eigenvalue weighted by Crippen LogP contribution is -2.11. The van der Waals surface area contributed by atoms with E-state index in [-0.39, 0.29) is 45.3 Å². The third-order valence-electron chi connectivity index (χ3n) is 19.5. The fourth-order valence-corrected chi connectivity index (χ4v) is 12.6. The van der Waals surface area contributed by atoms with Crippen molar-refractivity contribution in [2.75, 3.05) is 0 Å². The summed E-state index contributed by atoms with van der Waals surface area (Å²) >= 11 is 0. The second-order valence-corrected chi connectivity index (χ2v) is 32.0. The Morgan fingerprint density at radius 3 is 0.841 bits per heavy atom. The molecule has 0 spiro atoms. The number of halogens is 24. The average Bonchev–Trinajstić information content (AvgIpc) is 0.921. The number of nitrogens with one attached hydrogen (secondary N) is 6. The Morgan fingerprint density at radius 2 is 0.529 bits per heavy atom. The van der Waals surface area contributed by atoms with Crippen LogP contribution in [-0.2, 0) is 54.8 Å². The minimum atomic E-state index is -4.65. The molecule has 0 atom stereocenters. The van der Waals surface area contributed by atoms with Gasteiger partial charge in [0, 0.05) is 73.1 Å². The van der Waals surface area contributed by atoms with Gasteiger partial charge >= 0.3 is 49.4 Å².